The summed E-state index contributed by atoms with van der Waals surface area (Å²) in [5, 5.41) is 3.51. The van der Waals surface area contributed by atoms with Crippen molar-refractivity contribution >= 4 is 0 Å². The molecule has 0 spiro atoms. The van der Waals surface area contributed by atoms with E-state index in [-0.39, 0.29) is 17.5 Å². The van der Waals surface area contributed by atoms with Crippen molar-refractivity contribution in [2.45, 2.75) is 59.1 Å². The van der Waals surface area contributed by atoms with Gasteiger partial charge in [-0.2, -0.15) is 0 Å². The average Bonchev–Trinajstić information content (AvgIpc) is 2.34. The summed E-state index contributed by atoms with van der Waals surface area (Å²) < 4.78 is 19.0. The van der Waals surface area contributed by atoms with Crippen LogP contribution in [0.1, 0.15) is 45.2 Å². The summed E-state index contributed by atoms with van der Waals surface area (Å²) >= 11 is 0. The Balaban J connectivity index is 2.67. The van der Waals surface area contributed by atoms with Gasteiger partial charge in [-0.3, -0.25) is 0 Å². The molecule has 1 unspecified atom stereocenters. The van der Waals surface area contributed by atoms with Gasteiger partial charge in [0.25, 0.3) is 0 Å². The Morgan fingerprint density at radius 2 is 2.00 bits per heavy atom. The number of ether oxygens (including phenoxy) is 1. The van der Waals surface area contributed by atoms with E-state index in [9.17, 15) is 4.39 Å². The molecule has 0 saturated heterocycles. The second kappa shape index (κ2) is 7.75. The minimum Gasteiger partial charge on any atom is -0.374 e. The molecular formula is C17H28FNO. The third-order valence-electron chi connectivity index (χ3n) is 3.17. The van der Waals surface area contributed by atoms with Crippen LogP contribution in [0.5, 0.6) is 0 Å². The number of hydrogen-bond donors (Lipinski definition) is 1. The molecule has 114 valence electrons. The molecule has 0 aromatic heterocycles. The van der Waals surface area contributed by atoms with E-state index in [1.54, 1.807) is 6.07 Å². The standard InChI is InChI=1S/C17H28FNO/c1-6-9-19-16(12-20-17(3,4)5)11-14-7-8-15(18)10-13(14)2/h7-8,10,16,19H,6,9,11-12H2,1-5H3. The first-order valence-electron chi connectivity index (χ1n) is 7.44. The zero-order chi connectivity index (χ0) is 15.2. The molecule has 0 radical (unpaired) electrons. The van der Waals surface area contributed by atoms with E-state index in [2.05, 4.69) is 33.0 Å². The van der Waals surface area contributed by atoms with Crippen molar-refractivity contribution in [1.29, 1.82) is 0 Å². The van der Waals surface area contributed by atoms with Gasteiger partial charge in [0.1, 0.15) is 5.82 Å². The average molecular weight is 281 g/mol. The summed E-state index contributed by atoms with van der Waals surface area (Å²) in [6.07, 6.45) is 1.95. The van der Waals surface area contributed by atoms with Crippen molar-refractivity contribution in [3.05, 3.63) is 35.1 Å². The first-order chi connectivity index (χ1) is 9.31. The smallest absolute Gasteiger partial charge is 0.123 e. The fourth-order valence-electron chi connectivity index (χ4n) is 2.04. The number of nitrogens with one attached hydrogen (secondary N) is 1. The van der Waals surface area contributed by atoms with E-state index in [4.69, 9.17) is 4.74 Å². The number of benzene rings is 1. The molecule has 0 amide bonds. The maximum absolute atomic E-state index is 13.2. The molecule has 1 aromatic carbocycles. The van der Waals surface area contributed by atoms with Crippen molar-refractivity contribution < 1.29 is 9.13 Å². The van der Waals surface area contributed by atoms with Gasteiger partial charge in [0, 0.05) is 6.04 Å². The van der Waals surface area contributed by atoms with Crippen molar-refractivity contribution in [3.8, 4) is 0 Å². The van der Waals surface area contributed by atoms with Gasteiger partial charge in [0.2, 0.25) is 0 Å². The quantitative estimate of drug-likeness (QED) is 0.819. The van der Waals surface area contributed by atoms with Crippen molar-refractivity contribution in [2.75, 3.05) is 13.2 Å². The van der Waals surface area contributed by atoms with Gasteiger partial charge in [-0.1, -0.05) is 13.0 Å². The predicted octanol–water partition coefficient (Wildman–Crippen LogP) is 3.86. The van der Waals surface area contributed by atoms with Gasteiger partial charge in [-0.15, -0.1) is 0 Å². The van der Waals surface area contributed by atoms with Crippen molar-refractivity contribution in [2.24, 2.45) is 0 Å². The van der Waals surface area contributed by atoms with Gasteiger partial charge in [-0.05, 0) is 70.3 Å². The maximum Gasteiger partial charge on any atom is 0.123 e. The van der Waals surface area contributed by atoms with Crippen LogP contribution in [-0.4, -0.2) is 24.8 Å². The van der Waals surface area contributed by atoms with Gasteiger partial charge in [0.05, 0.1) is 12.2 Å². The zero-order valence-corrected chi connectivity index (χ0v) is 13.4. The Kier molecular flexibility index (Phi) is 6.63. The SMILES string of the molecule is CCCNC(COC(C)(C)C)Cc1ccc(F)cc1C. The fourth-order valence-corrected chi connectivity index (χ4v) is 2.04. The number of hydrogen-bond acceptors (Lipinski definition) is 2. The predicted molar refractivity (Wildman–Crippen MR) is 82.6 cm³/mol. The third-order valence-corrected chi connectivity index (χ3v) is 3.17. The Morgan fingerprint density at radius 3 is 2.55 bits per heavy atom. The highest BCUT2D eigenvalue weighted by molar-refractivity contribution is 5.27. The minimum absolute atomic E-state index is 0.135. The van der Waals surface area contributed by atoms with E-state index in [0.717, 1.165) is 24.9 Å². The zero-order valence-electron chi connectivity index (χ0n) is 13.4. The molecule has 0 aliphatic heterocycles. The molecule has 2 nitrogen and oxygen atoms in total. The van der Waals surface area contributed by atoms with E-state index in [0.29, 0.717) is 6.61 Å². The van der Waals surface area contributed by atoms with Gasteiger partial charge in [-0.25, -0.2) is 4.39 Å². The van der Waals surface area contributed by atoms with Crippen LogP contribution in [-0.2, 0) is 11.2 Å². The molecule has 0 aliphatic rings. The van der Waals surface area contributed by atoms with Crippen LogP contribution in [0, 0.1) is 12.7 Å². The van der Waals surface area contributed by atoms with E-state index < -0.39 is 0 Å². The van der Waals surface area contributed by atoms with Crippen LogP contribution >= 0.6 is 0 Å². The van der Waals surface area contributed by atoms with E-state index in [1.807, 2.05) is 13.0 Å². The Labute approximate surface area is 122 Å². The van der Waals surface area contributed by atoms with Gasteiger partial charge < -0.3 is 10.1 Å². The first-order valence-corrected chi connectivity index (χ1v) is 7.44. The summed E-state index contributed by atoms with van der Waals surface area (Å²) in [7, 11) is 0. The van der Waals surface area contributed by atoms with Crippen molar-refractivity contribution in [1.82, 2.24) is 5.32 Å². The molecule has 0 saturated carbocycles. The second-order valence-electron chi connectivity index (χ2n) is 6.35. The molecule has 0 fully saturated rings. The highest BCUT2D eigenvalue weighted by Gasteiger charge is 2.16. The lowest BCUT2D eigenvalue weighted by atomic mass is 10.0. The number of rotatable bonds is 7. The molecular weight excluding hydrogens is 253 g/mol. The van der Waals surface area contributed by atoms with Crippen LogP contribution in [0.4, 0.5) is 4.39 Å². The molecule has 3 heteroatoms. The molecule has 0 heterocycles. The number of aryl methyl sites for hydroxylation is 1. The topological polar surface area (TPSA) is 21.3 Å². The molecule has 1 atom stereocenters. The van der Waals surface area contributed by atoms with Crippen molar-refractivity contribution in [3.63, 3.8) is 0 Å². The highest BCUT2D eigenvalue weighted by atomic mass is 19.1. The van der Waals surface area contributed by atoms with Gasteiger partial charge in [0.15, 0.2) is 0 Å². The number of halogens is 1. The Morgan fingerprint density at radius 1 is 1.30 bits per heavy atom. The van der Waals surface area contributed by atoms with Crippen LogP contribution in [0.3, 0.4) is 0 Å². The summed E-state index contributed by atoms with van der Waals surface area (Å²) in [5.41, 5.74) is 2.05. The lowest BCUT2D eigenvalue weighted by Gasteiger charge is -2.25. The first kappa shape index (κ1) is 17.1. The molecule has 0 aliphatic carbocycles. The molecule has 20 heavy (non-hydrogen) atoms. The third kappa shape index (κ3) is 6.49. The molecule has 1 rings (SSSR count). The Bertz CT molecular complexity index is 412. The monoisotopic (exact) mass is 281 g/mol. The largest absolute Gasteiger partial charge is 0.374 e. The highest BCUT2D eigenvalue weighted by Crippen LogP contribution is 2.14. The van der Waals surface area contributed by atoms with Crippen LogP contribution in [0.2, 0.25) is 0 Å². The van der Waals surface area contributed by atoms with Crippen LogP contribution < -0.4 is 5.32 Å². The molecule has 1 N–H and O–H groups in total. The lowest BCUT2D eigenvalue weighted by molar-refractivity contribution is -0.0143. The van der Waals surface area contributed by atoms with Crippen LogP contribution in [0.15, 0.2) is 18.2 Å². The summed E-state index contributed by atoms with van der Waals surface area (Å²) in [4.78, 5) is 0. The fraction of sp³-hybridized carbons (Fsp3) is 0.647. The summed E-state index contributed by atoms with van der Waals surface area (Å²) in [6, 6.07) is 5.27. The molecule has 0 bridgehead atoms. The van der Waals surface area contributed by atoms with E-state index >= 15 is 0 Å². The summed E-state index contributed by atoms with van der Waals surface area (Å²) in [6.45, 7) is 11.9. The van der Waals surface area contributed by atoms with Crippen LogP contribution in [0.25, 0.3) is 0 Å². The van der Waals surface area contributed by atoms with Gasteiger partial charge >= 0.3 is 0 Å². The normalized spacial score (nSPS) is 13.5. The molecule has 1 aromatic rings. The minimum atomic E-state index is -0.171. The lowest BCUT2D eigenvalue weighted by Crippen LogP contribution is -2.38. The Hall–Kier alpha value is -0.930. The van der Waals surface area contributed by atoms with E-state index in [1.165, 1.54) is 11.6 Å². The second-order valence-corrected chi connectivity index (χ2v) is 6.35. The summed E-state index contributed by atoms with van der Waals surface area (Å²) in [5.74, 6) is -0.171. The maximum atomic E-state index is 13.2.